The van der Waals surface area contributed by atoms with Crippen molar-refractivity contribution < 1.29 is 23.2 Å². The van der Waals surface area contributed by atoms with Gasteiger partial charge >= 0.3 is 6.03 Å². The predicted molar refractivity (Wildman–Crippen MR) is 128 cm³/mol. The average molecular weight is 473 g/mol. The highest BCUT2D eigenvalue weighted by Crippen LogP contribution is 2.41. The Kier molecular flexibility index (Phi) is 7.60. The molecule has 1 unspecified atom stereocenters. The van der Waals surface area contributed by atoms with Gasteiger partial charge in [-0.25, -0.2) is 4.79 Å². The molecule has 9 heteroatoms. The molecular weight excluding hydrogens is 428 g/mol. The van der Waals surface area contributed by atoms with Crippen molar-refractivity contribution in [2.45, 2.75) is 110 Å². The number of nitrogens with zero attached hydrogens (tertiary/aromatic N) is 1. The van der Waals surface area contributed by atoms with Gasteiger partial charge in [-0.05, 0) is 36.3 Å². The van der Waals surface area contributed by atoms with Crippen LogP contribution in [0.1, 0.15) is 54.9 Å². The van der Waals surface area contributed by atoms with Crippen molar-refractivity contribution in [3.63, 3.8) is 0 Å². The summed E-state index contributed by atoms with van der Waals surface area (Å²) >= 11 is 0. The van der Waals surface area contributed by atoms with Gasteiger partial charge in [0.05, 0.1) is 18.6 Å². The molecule has 180 valence electrons. The van der Waals surface area contributed by atoms with Gasteiger partial charge < -0.3 is 13.6 Å². The van der Waals surface area contributed by atoms with E-state index in [-0.39, 0.29) is 40.1 Å². The maximum atomic E-state index is 12.5. The van der Waals surface area contributed by atoms with E-state index in [0.717, 1.165) is 0 Å². The van der Waals surface area contributed by atoms with Crippen LogP contribution in [0.25, 0.3) is 0 Å². The number of amides is 3. The summed E-state index contributed by atoms with van der Waals surface area (Å²) in [6.07, 6.45) is -0.212. The van der Waals surface area contributed by atoms with Crippen LogP contribution in [0.4, 0.5) is 4.79 Å². The second-order valence-corrected chi connectivity index (χ2v) is 21.8. The zero-order chi connectivity index (χ0) is 24.0. The van der Waals surface area contributed by atoms with E-state index in [9.17, 15) is 9.59 Å². The molecule has 4 atom stereocenters. The lowest BCUT2D eigenvalue weighted by Crippen LogP contribution is -2.57. The molecule has 2 heterocycles. The molecule has 0 aromatic heterocycles. The first kappa shape index (κ1) is 26.5. The van der Waals surface area contributed by atoms with Gasteiger partial charge in [-0.1, -0.05) is 48.5 Å². The third-order valence-electron chi connectivity index (χ3n) is 7.60. The van der Waals surface area contributed by atoms with Gasteiger partial charge in [0.25, 0.3) is 0 Å². The number of ether oxygens (including phenoxy) is 1. The first-order valence-corrected chi connectivity index (χ1v) is 17.3. The van der Waals surface area contributed by atoms with E-state index < -0.39 is 22.9 Å². The van der Waals surface area contributed by atoms with E-state index in [1.54, 1.807) is 4.90 Å². The van der Waals surface area contributed by atoms with E-state index >= 15 is 0 Å². The number of carbonyl (C=O) groups excluding carboxylic acids is 2. The van der Waals surface area contributed by atoms with Gasteiger partial charge in [0.15, 0.2) is 16.6 Å². The molecule has 7 nitrogen and oxygen atoms in total. The summed E-state index contributed by atoms with van der Waals surface area (Å²) in [4.78, 5) is 26.0. The molecule has 0 saturated carbocycles. The summed E-state index contributed by atoms with van der Waals surface area (Å²) in [6.45, 7) is 24.9. The van der Waals surface area contributed by atoms with Gasteiger partial charge in [-0.3, -0.25) is 15.0 Å². The van der Waals surface area contributed by atoms with E-state index in [4.69, 9.17) is 13.6 Å². The molecule has 2 fully saturated rings. The quantitative estimate of drug-likeness (QED) is 0.567. The minimum absolute atomic E-state index is 0.0688. The topological polar surface area (TPSA) is 77.1 Å². The number of hydrogen-bond donors (Lipinski definition) is 1. The molecule has 1 N–H and O–H groups in total. The van der Waals surface area contributed by atoms with Gasteiger partial charge in [-0.2, -0.15) is 0 Å². The Morgan fingerprint density at radius 3 is 2.10 bits per heavy atom. The van der Waals surface area contributed by atoms with E-state index in [1.165, 1.54) is 0 Å². The third-order valence-corrected chi connectivity index (χ3v) is 16.6. The van der Waals surface area contributed by atoms with Crippen LogP contribution in [0, 0.1) is 5.92 Å². The lowest BCUT2D eigenvalue weighted by molar-refractivity contribution is -0.128. The lowest BCUT2D eigenvalue weighted by atomic mass is 10.1. The number of urea groups is 1. The fraction of sp³-hybridized carbons (Fsp3) is 0.909. The van der Waals surface area contributed by atoms with Crippen molar-refractivity contribution in [2.75, 3.05) is 13.2 Å². The Hall–Kier alpha value is -0.746. The van der Waals surface area contributed by atoms with Crippen molar-refractivity contribution >= 4 is 28.6 Å². The fourth-order valence-corrected chi connectivity index (χ4v) is 5.61. The molecular formula is C22H44N2O5Si2. The van der Waals surface area contributed by atoms with Crippen LogP contribution in [0.5, 0.6) is 0 Å². The van der Waals surface area contributed by atoms with Crippen molar-refractivity contribution in [2.24, 2.45) is 5.92 Å². The lowest BCUT2D eigenvalue weighted by Gasteiger charge is -2.40. The monoisotopic (exact) mass is 472 g/mol. The third kappa shape index (κ3) is 5.99. The Labute approximate surface area is 190 Å². The number of hydrogen-bond acceptors (Lipinski definition) is 5. The maximum Gasteiger partial charge on any atom is 0.326 e. The van der Waals surface area contributed by atoms with Crippen molar-refractivity contribution in [3.05, 3.63) is 0 Å². The first-order valence-electron chi connectivity index (χ1n) is 11.4. The summed E-state index contributed by atoms with van der Waals surface area (Å²) in [5.74, 6) is -0.491. The summed E-state index contributed by atoms with van der Waals surface area (Å²) < 4.78 is 19.6. The average Bonchev–Trinajstić information content (AvgIpc) is 2.96. The first-order chi connectivity index (χ1) is 13.9. The highest BCUT2D eigenvalue weighted by molar-refractivity contribution is 6.74. The minimum atomic E-state index is -2.04. The van der Waals surface area contributed by atoms with E-state index in [2.05, 4.69) is 73.0 Å². The minimum Gasteiger partial charge on any atom is -0.414 e. The van der Waals surface area contributed by atoms with Crippen LogP contribution in [0.2, 0.25) is 36.3 Å². The fourth-order valence-electron chi connectivity index (χ4n) is 3.24. The van der Waals surface area contributed by atoms with Gasteiger partial charge in [0.1, 0.15) is 12.3 Å². The SMILES string of the molecule is CC1CN([C@H]2C[C@@H](O[Si](C)(C)C(C)(C)C)[C@@H](CO[Si](C)(C)C(C)(C)C)O2)C(=O)NC1=O. The Balaban J connectivity index is 2.21. The molecule has 2 saturated heterocycles. The molecule has 0 bridgehead atoms. The van der Waals surface area contributed by atoms with Crippen molar-refractivity contribution in [3.8, 4) is 0 Å². The Morgan fingerprint density at radius 1 is 1.03 bits per heavy atom. The van der Waals surface area contributed by atoms with Crippen LogP contribution >= 0.6 is 0 Å². The molecule has 0 aliphatic carbocycles. The second-order valence-electron chi connectivity index (χ2n) is 12.2. The van der Waals surface area contributed by atoms with E-state index in [0.29, 0.717) is 19.6 Å². The van der Waals surface area contributed by atoms with Crippen LogP contribution < -0.4 is 5.32 Å². The maximum absolute atomic E-state index is 12.5. The smallest absolute Gasteiger partial charge is 0.326 e. The van der Waals surface area contributed by atoms with Gasteiger partial charge in [0, 0.05) is 13.0 Å². The molecule has 0 aromatic rings. The van der Waals surface area contributed by atoms with E-state index in [1.807, 2.05) is 6.92 Å². The summed E-state index contributed by atoms with van der Waals surface area (Å²) in [5.41, 5.74) is 0. The molecule has 2 aliphatic rings. The molecule has 0 radical (unpaired) electrons. The Bertz CT molecular complexity index is 684. The molecule has 2 rings (SSSR count). The van der Waals surface area contributed by atoms with Gasteiger partial charge in [-0.15, -0.1) is 0 Å². The summed E-state index contributed by atoms with van der Waals surface area (Å²) in [7, 11) is -4.00. The molecule has 3 amide bonds. The van der Waals surface area contributed by atoms with Crippen LogP contribution in [0.3, 0.4) is 0 Å². The number of nitrogens with one attached hydrogen (secondary N) is 1. The normalized spacial score (nSPS) is 28.8. The summed E-state index contributed by atoms with van der Waals surface area (Å²) in [6, 6.07) is -0.384. The van der Waals surface area contributed by atoms with Crippen molar-refractivity contribution in [1.82, 2.24) is 10.2 Å². The Morgan fingerprint density at radius 2 is 1.58 bits per heavy atom. The number of carbonyl (C=O) groups is 2. The van der Waals surface area contributed by atoms with Crippen molar-refractivity contribution in [1.29, 1.82) is 0 Å². The second kappa shape index (κ2) is 8.89. The highest BCUT2D eigenvalue weighted by Gasteiger charge is 2.48. The van der Waals surface area contributed by atoms with Crippen LogP contribution in [0.15, 0.2) is 0 Å². The molecule has 0 aromatic carbocycles. The molecule has 0 spiro atoms. The number of rotatable bonds is 6. The highest BCUT2D eigenvalue weighted by atomic mass is 28.4. The van der Waals surface area contributed by atoms with Crippen LogP contribution in [-0.2, 0) is 18.4 Å². The zero-order valence-corrected chi connectivity index (χ0v) is 23.4. The molecule has 2 aliphatic heterocycles. The number of imide groups is 1. The van der Waals surface area contributed by atoms with Gasteiger partial charge in [0.2, 0.25) is 5.91 Å². The summed E-state index contributed by atoms with van der Waals surface area (Å²) in [5, 5.41) is 2.62. The molecule has 31 heavy (non-hydrogen) atoms. The largest absolute Gasteiger partial charge is 0.414 e. The zero-order valence-electron chi connectivity index (χ0n) is 21.4. The standard InChI is InChI=1S/C22H44N2O5Si2/c1-15-13-24(20(26)23-19(15)25)18-12-16(29-31(10,11)22(5,6)7)17(28-18)14-27-30(8,9)21(2,3)4/h15-18H,12-14H2,1-11H3,(H,23,25,26)/t15?,16-,17-,18-/m1/s1. The van der Waals surface area contributed by atoms with Crippen LogP contribution in [-0.4, -0.2) is 65.1 Å². The predicted octanol–water partition coefficient (Wildman–Crippen LogP) is 4.70.